The number of ether oxygens (including phenoxy) is 1. The fraction of sp³-hybridized carbons (Fsp3) is 0.567. The largest absolute Gasteiger partial charge is 0.444 e. The zero-order chi connectivity index (χ0) is 29.9. The second kappa shape index (κ2) is 12.9. The maximum atomic E-state index is 14.8. The van der Waals surface area contributed by atoms with Crippen molar-refractivity contribution in [3.05, 3.63) is 58.9 Å². The summed E-state index contributed by atoms with van der Waals surface area (Å²) in [6, 6.07) is -0.497. The lowest BCUT2D eigenvalue weighted by Crippen LogP contribution is -2.44. The van der Waals surface area contributed by atoms with Gasteiger partial charge in [-0.1, -0.05) is 11.6 Å². The first-order valence-electron chi connectivity index (χ1n) is 14.5. The summed E-state index contributed by atoms with van der Waals surface area (Å²) in [5.41, 5.74) is 0.631. The van der Waals surface area contributed by atoms with Gasteiger partial charge in [0.2, 0.25) is 11.9 Å². The number of piperidine rings is 1. The number of carbonyl (C=O) groups is 1. The van der Waals surface area contributed by atoms with Gasteiger partial charge in [0.1, 0.15) is 17.6 Å². The van der Waals surface area contributed by atoms with Crippen LogP contribution in [0.5, 0.6) is 0 Å². The van der Waals surface area contributed by atoms with Gasteiger partial charge < -0.3 is 19.9 Å². The molecule has 3 aliphatic rings. The van der Waals surface area contributed by atoms with Gasteiger partial charge in [0.15, 0.2) is 0 Å². The van der Waals surface area contributed by atoms with Crippen LogP contribution in [0.15, 0.2) is 48.3 Å². The third-order valence-electron chi connectivity index (χ3n) is 7.90. The predicted octanol–water partition coefficient (Wildman–Crippen LogP) is 5.62. The highest BCUT2D eigenvalue weighted by atomic mass is 35.5. The van der Waals surface area contributed by atoms with Crippen LogP contribution in [-0.2, 0) is 11.2 Å². The third-order valence-corrected chi connectivity index (χ3v) is 8.09. The van der Waals surface area contributed by atoms with Crippen molar-refractivity contribution >= 4 is 29.6 Å². The van der Waals surface area contributed by atoms with Gasteiger partial charge in [-0.25, -0.2) is 33.5 Å². The maximum absolute atomic E-state index is 14.8. The van der Waals surface area contributed by atoms with Gasteiger partial charge in [-0.2, -0.15) is 0 Å². The van der Waals surface area contributed by atoms with Crippen LogP contribution >= 0.6 is 11.6 Å². The van der Waals surface area contributed by atoms with Gasteiger partial charge in [-0.3, -0.25) is 0 Å². The molecule has 2 fully saturated rings. The Balaban J connectivity index is 1.18. The summed E-state index contributed by atoms with van der Waals surface area (Å²) < 4.78 is 34.5. The fourth-order valence-electron chi connectivity index (χ4n) is 5.77. The lowest BCUT2D eigenvalue weighted by atomic mass is 9.89. The smallest absolute Gasteiger partial charge is 0.407 e. The Bertz CT molecular complexity index is 1290. The van der Waals surface area contributed by atoms with E-state index in [0.717, 1.165) is 50.3 Å². The van der Waals surface area contributed by atoms with Gasteiger partial charge in [-0.15, -0.1) is 0 Å². The number of allylic oxidation sites excluding steroid dienone is 3. The number of rotatable bonds is 7. The Morgan fingerprint density at radius 2 is 1.69 bits per heavy atom. The normalized spacial score (nSPS) is 23.4. The molecule has 0 radical (unpaired) electrons. The lowest BCUT2D eigenvalue weighted by Gasteiger charge is -2.32. The Morgan fingerprint density at radius 3 is 2.36 bits per heavy atom. The first-order valence-corrected chi connectivity index (χ1v) is 14.9. The predicted molar refractivity (Wildman–Crippen MR) is 158 cm³/mol. The molecule has 4 heterocycles. The quantitative estimate of drug-likeness (QED) is 0.437. The van der Waals surface area contributed by atoms with Crippen molar-refractivity contribution in [2.45, 2.75) is 70.7 Å². The van der Waals surface area contributed by atoms with Crippen molar-refractivity contribution in [3.8, 4) is 0 Å². The van der Waals surface area contributed by atoms with Crippen molar-refractivity contribution in [2.24, 2.45) is 11.8 Å². The summed E-state index contributed by atoms with van der Waals surface area (Å²) in [5, 5.41) is 3.40. The number of amides is 1. The van der Waals surface area contributed by atoms with E-state index in [1.54, 1.807) is 33.2 Å². The van der Waals surface area contributed by atoms with E-state index in [1.165, 1.54) is 12.2 Å². The summed E-state index contributed by atoms with van der Waals surface area (Å²) in [7, 11) is 0. The molecule has 3 atom stereocenters. The molecule has 0 spiro atoms. The Morgan fingerprint density at radius 1 is 1.05 bits per heavy atom. The van der Waals surface area contributed by atoms with Crippen LogP contribution in [0.25, 0.3) is 0 Å². The van der Waals surface area contributed by atoms with Crippen molar-refractivity contribution in [1.29, 1.82) is 0 Å². The molecule has 1 unspecified atom stereocenters. The third kappa shape index (κ3) is 7.73. The standard InChI is InChI=1S/C30H38ClF2N7O2/c1-30(2,3)42-29(41)38-26-18-40(17-24(26)23-12-22(32)6-7-25(23)33)28-34-13-20(14-35-28)5-4-19-8-10-39(11-9-19)27-36-15-21(31)16-37-27/h7,12-16,19,22,24,26H,4-6,8-11,17-18H2,1-3H3,(H,38,41)/t22?,24-,26+/m1/s1. The lowest BCUT2D eigenvalue weighted by molar-refractivity contribution is 0.0501. The van der Waals surface area contributed by atoms with Crippen LogP contribution in [0.2, 0.25) is 5.02 Å². The first-order chi connectivity index (χ1) is 20.0. The zero-order valence-electron chi connectivity index (χ0n) is 24.3. The topological polar surface area (TPSA) is 96.4 Å². The molecule has 12 heteroatoms. The van der Waals surface area contributed by atoms with E-state index in [2.05, 4.69) is 30.2 Å². The molecule has 5 rings (SSSR count). The van der Waals surface area contributed by atoms with E-state index in [-0.39, 0.29) is 12.0 Å². The number of anilines is 2. The minimum Gasteiger partial charge on any atom is -0.444 e. The van der Waals surface area contributed by atoms with Crippen LogP contribution in [-0.4, -0.2) is 70.0 Å². The molecule has 0 saturated carbocycles. The van der Waals surface area contributed by atoms with Crippen molar-refractivity contribution in [2.75, 3.05) is 36.0 Å². The number of alkyl halides is 1. The minimum atomic E-state index is -1.26. The van der Waals surface area contributed by atoms with Crippen molar-refractivity contribution in [3.63, 3.8) is 0 Å². The summed E-state index contributed by atoms with van der Waals surface area (Å²) in [4.78, 5) is 34.5. The molecule has 1 N–H and O–H groups in total. The van der Waals surface area contributed by atoms with Crippen LogP contribution in [0.3, 0.4) is 0 Å². The van der Waals surface area contributed by atoms with Crippen LogP contribution in [0.4, 0.5) is 25.5 Å². The number of carbonyl (C=O) groups excluding carboxylic acids is 1. The zero-order valence-corrected chi connectivity index (χ0v) is 25.0. The van der Waals surface area contributed by atoms with E-state index in [1.807, 2.05) is 17.3 Å². The molecule has 226 valence electrons. The van der Waals surface area contributed by atoms with Gasteiger partial charge in [0.25, 0.3) is 0 Å². The molecule has 0 aromatic carbocycles. The number of hydrogen-bond donors (Lipinski definition) is 1. The van der Waals surface area contributed by atoms with Crippen LogP contribution < -0.4 is 15.1 Å². The monoisotopic (exact) mass is 601 g/mol. The summed E-state index contributed by atoms with van der Waals surface area (Å²) in [5.74, 6) is 0.885. The average Bonchev–Trinajstić information content (AvgIpc) is 3.36. The molecule has 2 aliphatic heterocycles. The molecular formula is C30H38ClF2N7O2. The van der Waals surface area contributed by atoms with E-state index in [4.69, 9.17) is 16.3 Å². The van der Waals surface area contributed by atoms with Gasteiger partial charge in [-0.05, 0) is 75.7 Å². The van der Waals surface area contributed by atoms with E-state index in [9.17, 15) is 13.6 Å². The van der Waals surface area contributed by atoms with Crippen molar-refractivity contribution < 1.29 is 18.3 Å². The summed E-state index contributed by atoms with van der Waals surface area (Å²) >= 11 is 5.91. The van der Waals surface area contributed by atoms with E-state index < -0.39 is 35.7 Å². The van der Waals surface area contributed by atoms with Crippen molar-refractivity contribution in [1.82, 2.24) is 25.3 Å². The highest BCUT2D eigenvalue weighted by molar-refractivity contribution is 6.30. The van der Waals surface area contributed by atoms with Gasteiger partial charge in [0.05, 0.1) is 23.5 Å². The number of nitrogens with one attached hydrogen (secondary N) is 1. The highest BCUT2D eigenvalue weighted by Gasteiger charge is 2.40. The Hall–Kier alpha value is -3.34. The number of aromatic nitrogens is 4. The van der Waals surface area contributed by atoms with E-state index >= 15 is 0 Å². The maximum Gasteiger partial charge on any atom is 0.407 e. The average molecular weight is 602 g/mol. The second-order valence-corrected chi connectivity index (χ2v) is 12.7. The second-order valence-electron chi connectivity index (χ2n) is 12.3. The molecule has 42 heavy (non-hydrogen) atoms. The van der Waals surface area contributed by atoms with Crippen LogP contribution in [0, 0.1) is 11.8 Å². The molecule has 0 bridgehead atoms. The molecule has 2 aromatic heterocycles. The first kappa shape index (κ1) is 30.1. The molecule has 1 aliphatic carbocycles. The highest BCUT2D eigenvalue weighted by Crippen LogP contribution is 2.35. The molecule has 2 saturated heterocycles. The van der Waals surface area contributed by atoms with E-state index in [0.29, 0.717) is 30.0 Å². The number of hydrogen-bond acceptors (Lipinski definition) is 8. The molecule has 1 amide bonds. The number of aryl methyl sites for hydroxylation is 1. The SMILES string of the molecule is CC(C)(C)OC(=O)N[C@H]1CN(c2ncc(CCC3CCN(c4ncc(Cl)cn4)CC3)cn2)C[C@@H]1C1=CC(F)CC=C1F. The number of alkyl carbamates (subject to hydrolysis) is 1. The number of halogens is 3. The Kier molecular flexibility index (Phi) is 9.25. The Labute approximate surface area is 250 Å². The summed E-state index contributed by atoms with van der Waals surface area (Å²) in [6.45, 7) is 7.84. The summed E-state index contributed by atoms with van der Waals surface area (Å²) in [6.07, 6.45) is 11.7. The minimum absolute atomic E-state index is 0.0103. The van der Waals surface area contributed by atoms with Gasteiger partial charge in [0, 0.05) is 50.9 Å². The molecule has 9 nitrogen and oxygen atoms in total. The number of nitrogens with zero attached hydrogens (tertiary/aromatic N) is 6. The molecule has 2 aromatic rings. The van der Waals surface area contributed by atoms with Gasteiger partial charge >= 0.3 is 6.09 Å². The van der Waals surface area contributed by atoms with Crippen LogP contribution in [0.1, 0.15) is 52.0 Å². The fourth-order valence-corrected chi connectivity index (χ4v) is 5.86. The molecular weight excluding hydrogens is 564 g/mol.